The van der Waals surface area contributed by atoms with Gasteiger partial charge in [0.15, 0.2) is 0 Å². The van der Waals surface area contributed by atoms with Gasteiger partial charge < -0.3 is 4.74 Å². The van der Waals surface area contributed by atoms with Gasteiger partial charge in [0, 0.05) is 6.08 Å². The fourth-order valence-corrected chi connectivity index (χ4v) is 1.04. The molecule has 0 saturated carbocycles. The highest BCUT2D eigenvalue weighted by Crippen LogP contribution is 2.11. The van der Waals surface area contributed by atoms with E-state index in [9.17, 15) is 4.79 Å². The third-order valence-electron chi connectivity index (χ3n) is 1.70. The van der Waals surface area contributed by atoms with Crippen molar-refractivity contribution in [1.82, 2.24) is 0 Å². The summed E-state index contributed by atoms with van der Waals surface area (Å²) in [7, 11) is 0. The summed E-state index contributed by atoms with van der Waals surface area (Å²) in [5.74, 6) is 0.155. The summed E-state index contributed by atoms with van der Waals surface area (Å²) in [6.07, 6.45) is 4.29. The van der Waals surface area contributed by atoms with Crippen LogP contribution in [0.4, 0.5) is 0 Å². The van der Waals surface area contributed by atoms with Gasteiger partial charge in [-0.3, -0.25) is 0 Å². The first-order chi connectivity index (χ1) is 6.10. The van der Waals surface area contributed by atoms with Gasteiger partial charge in [-0.25, -0.2) is 4.79 Å². The Kier molecular flexibility index (Phi) is 5.94. The molecule has 0 spiro atoms. The van der Waals surface area contributed by atoms with Crippen LogP contribution in [0.3, 0.4) is 0 Å². The third-order valence-corrected chi connectivity index (χ3v) is 1.70. The number of hydrogen-bond acceptors (Lipinski definition) is 2. The summed E-state index contributed by atoms with van der Waals surface area (Å²) in [6.45, 7) is 9.91. The normalized spacial score (nSPS) is 13.6. The number of rotatable bonds is 5. The zero-order chi connectivity index (χ0) is 10.3. The molecule has 13 heavy (non-hydrogen) atoms. The molecule has 0 radical (unpaired) electrons. The highest BCUT2D eigenvalue weighted by molar-refractivity contribution is 5.82. The molecule has 2 nitrogen and oxygen atoms in total. The lowest BCUT2D eigenvalue weighted by atomic mass is 10.0. The molecule has 0 aliphatic rings. The van der Waals surface area contributed by atoms with Crippen LogP contribution >= 0.6 is 0 Å². The molecule has 74 valence electrons. The van der Waals surface area contributed by atoms with Crippen LogP contribution in [0, 0.1) is 5.92 Å². The summed E-state index contributed by atoms with van der Waals surface area (Å²) in [4.78, 5) is 11.0. The Hall–Kier alpha value is -1.05. The van der Waals surface area contributed by atoms with Gasteiger partial charge in [-0.2, -0.15) is 0 Å². The smallest absolute Gasteiger partial charge is 0.330 e. The minimum absolute atomic E-state index is 0.253. The van der Waals surface area contributed by atoms with E-state index in [0.29, 0.717) is 12.5 Å². The first-order valence-corrected chi connectivity index (χ1v) is 4.56. The molecule has 1 atom stereocenters. The molecule has 0 bridgehead atoms. The monoisotopic (exact) mass is 182 g/mol. The van der Waals surface area contributed by atoms with Gasteiger partial charge in [-0.1, -0.05) is 18.6 Å². The Balaban J connectivity index is 4.00. The van der Waals surface area contributed by atoms with E-state index in [2.05, 4.69) is 13.5 Å². The molecular formula is C11H18O2. The lowest BCUT2D eigenvalue weighted by Gasteiger charge is -2.05. The Morgan fingerprint density at radius 1 is 1.62 bits per heavy atom. The Morgan fingerprint density at radius 3 is 2.69 bits per heavy atom. The maximum Gasteiger partial charge on any atom is 0.330 e. The van der Waals surface area contributed by atoms with Crippen LogP contribution in [0.1, 0.15) is 27.2 Å². The van der Waals surface area contributed by atoms with Crippen molar-refractivity contribution in [1.29, 1.82) is 0 Å². The molecule has 0 aliphatic heterocycles. The van der Waals surface area contributed by atoms with Crippen LogP contribution < -0.4 is 0 Å². The minimum atomic E-state index is -0.253. The minimum Gasteiger partial charge on any atom is -0.463 e. The highest BCUT2D eigenvalue weighted by Gasteiger charge is 2.01. The zero-order valence-corrected chi connectivity index (χ0v) is 8.67. The molecule has 0 aromatic carbocycles. The quantitative estimate of drug-likeness (QED) is 0.371. The second-order valence-corrected chi connectivity index (χ2v) is 3.16. The van der Waals surface area contributed by atoms with Crippen molar-refractivity contribution < 1.29 is 9.53 Å². The first kappa shape index (κ1) is 11.9. The fourth-order valence-electron chi connectivity index (χ4n) is 1.04. The molecule has 2 heteroatoms. The van der Waals surface area contributed by atoms with Crippen molar-refractivity contribution in [3.63, 3.8) is 0 Å². The van der Waals surface area contributed by atoms with Crippen molar-refractivity contribution in [2.24, 2.45) is 5.92 Å². The van der Waals surface area contributed by atoms with E-state index >= 15 is 0 Å². The molecule has 0 aromatic heterocycles. The zero-order valence-electron chi connectivity index (χ0n) is 8.67. The SMILES string of the molecule is C=CC(C)C/C(C)=C/C(=O)OCC. The van der Waals surface area contributed by atoms with E-state index in [1.54, 1.807) is 13.0 Å². The molecule has 0 saturated heterocycles. The summed E-state index contributed by atoms with van der Waals surface area (Å²) in [5, 5.41) is 0. The molecular weight excluding hydrogens is 164 g/mol. The molecule has 0 N–H and O–H groups in total. The van der Waals surface area contributed by atoms with Crippen molar-refractivity contribution >= 4 is 5.97 Å². The van der Waals surface area contributed by atoms with E-state index in [0.717, 1.165) is 12.0 Å². The van der Waals surface area contributed by atoms with Crippen LogP contribution in [0.5, 0.6) is 0 Å². The third kappa shape index (κ3) is 6.14. The molecule has 0 rings (SSSR count). The van der Waals surface area contributed by atoms with Gasteiger partial charge in [0.25, 0.3) is 0 Å². The van der Waals surface area contributed by atoms with Crippen LogP contribution in [0.15, 0.2) is 24.3 Å². The van der Waals surface area contributed by atoms with E-state index < -0.39 is 0 Å². The van der Waals surface area contributed by atoms with Crippen molar-refractivity contribution in [3.05, 3.63) is 24.3 Å². The molecule has 0 aromatic rings. The number of carbonyl (C=O) groups excluding carboxylic acids is 1. The Morgan fingerprint density at radius 2 is 2.23 bits per heavy atom. The summed E-state index contributed by atoms with van der Waals surface area (Å²) in [5.41, 5.74) is 1.03. The summed E-state index contributed by atoms with van der Waals surface area (Å²) in [6, 6.07) is 0. The molecule has 0 aliphatic carbocycles. The highest BCUT2D eigenvalue weighted by atomic mass is 16.5. The van der Waals surface area contributed by atoms with Gasteiger partial charge in [0.1, 0.15) is 0 Å². The standard InChI is InChI=1S/C11H18O2/c1-5-9(3)7-10(4)8-11(12)13-6-2/h5,8-9H,1,6-7H2,2-4H3/b10-8+. The second-order valence-electron chi connectivity index (χ2n) is 3.16. The van der Waals surface area contributed by atoms with E-state index in [1.807, 2.05) is 13.0 Å². The maximum absolute atomic E-state index is 11.0. The molecule has 0 amide bonds. The number of esters is 1. The average molecular weight is 182 g/mol. The van der Waals surface area contributed by atoms with Crippen LogP contribution in [-0.2, 0) is 9.53 Å². The van der Waals surface area contributed by atoms with E-state index in [-0.39, 0.29) is 5.97 Å². The number of ether oxygens (including phenoxy) is 1. The molecule has 1 unspecified atom stereocenters. The lowest BCUT2D eigenvalue weighted by molar-refractivity contribution is -0.137. The summed E-state index contributed by atoms with van der Waals surface area (Å²) >= 11 is 0. The molecule has 0 heterocycles. The van der Waals surface area contributed by atoms with Crippen molar-refractivity contribution in [2.75, 3.05) is 6.61 Å². The topological polar surface area (TPSA) is 26.3 Å². The van der Waals surface area contributed by atoms with E-state index in [1.165, 1.54) is 0 Å². The van der Waals surface area contributed by atoms with Gasteiger partial charge in [0.05, 0.1) is 6.61 Å². The second kappa shape index (κ2) is 6.46. The van der Waals surface area contributed by atoms with Crippen LogP contribution in [0.2, 0.25) is 0 Å². The predicted octanol–water partition coefficient (Wildman–Crippen LogP) is 2.71. The summed E-state index contributed by atoms with van der Waals surface area (Å²) < 4.78 is 4.79. The van der Waals surface area contributed by atoms with E-state index in [4.69, 9.17) is 4.74 Å². The van der Waals surface area contributed by atoms with Gasteiger partial charge in [-0.05, 0) is 26.2 Å². The van der Waals surface area contributed by atoms with Crippen LogP contribution in [-0.4, -0.2) is 12.6 Å². The number of hydrogen-bond donors (Lipinski definition) is 0. The maximum atomic E-state index is 11.0. The van der Waals surface area contributed by atoms with Gasteiger partial charge in [0.2, 0.25) is 0 Å². The number of carbonyl (C=O) groups is 1. The average Bonchev–Trinajstić information content (AvgIpc) is 2.04. The Labute approximate surface area is 80.3 Å². The lowest BCUT2D eigenvalue weighted by Crippen LogP contribution is -2.01. The first-order valence-electron chi connectivity index (χ1n) is 4.56. The van der Waals surface area contributed by atoms with Crippen molar-refractivity contribution in [2.45, 2.75) is 27.2 Å². The van der Waals surface area contributed by atoms with Crippen molar-refractivity contribution in [3.8, 4) is 0 Å². The fraction of sp³-hybridized carbons (Fsp3) is 0.545. The largest absolute Gasteiger partial charge is 0.463 e. The number of allylic oxidation sites excluding steroid dienone is 2. The Bertz CT molecular complexity index is 204. The predicted molar refractivity (Wildman–Crippen MR) is 54.4 cm³/mol. The molecule has 0 fully saturated rings. The van der Waals surface area contributed by atoms with Gasteiger partial charge >= 0.3 is 5.97 Å². The van der Waals surface area contributed by atoms with Crippen LogP contribution in [0.25, 0.3) is 0 Å². The van der Waals surface area contributed by atoms with Gasteiger partial charge in [-0.15, -0.1) is 6.58 Å².